The Balaban J connectivity index is 1.65. The highest BCUT2D eigenvalue weighted by Gasteiger charge is 2.04. The van der Waals surface area contributed by atoms with E-state index >= 15 is 0 Å². The average molecular weight is 265 g/mol. The number of nitriles is 1. The zero-order chi connectivity index (χ0) is 13.8. The van der Waals surface area contributed by atoms with Crippen LogP contribution in [0.4, 0.5) is 0 Å². The Morgan fingerprint density at radius 3 is 2.95 bits per heavy atom. The highest BCUT2D eigenvalue weighted by atomic mass is 16.3. The second-order valence-electron chi connectivity index (χ2n) is 4.62. The zero-order valence-corrected chi connectivity index (χ0v) is 11.0. The van der Waals surface area contributed by atoms with E-state index < -0.39 is 0 Å². The molecule has 0 aliphatic rings. The molecule has 1 N–H and O–H groups in total. The standard InChI is InChI=1S/C16H15N3O/c17-11-13-3-1-5-16-15(13)6-8-19(16)9-7-18-12-14-4-2-10-20-14/h1-6,8,10,18H,7,9,12H2. The van der Waals surface area contributed by atoms with E-state index in [1.165, 1.54) is 0 Å². The van der Waals surface area contributed by atoms with Crippen LogP contribution in [-0.2, 0) is 13.1 Å². The molecule has 0 saturated heterocycles. The van der Waals surface area contributed by atoms with Crippen LogP contribution in [0.15, 0.2) is 53.3 Å². The molecule has 3 rings (SSSR count). The molecule has 100 valence electrons. The van der Waals surface area contributed by atoms with Crippen molar-refractivity contribution < 1.29 is 4.42 Å². The SMILES string of the molecule is N#Cc1cccc2c1ccn2CCNCc1ccco1. The molecule has 3 aromatic rings. The molecular formula is C16H15N3O. The molecule has 0 fully saturated rings. The van der Waals surface area contributed by atoms with Crippen molar-refractivity contribution in [1.29, 1.82) is 5.26 Å². The molecule has 0 bridgehead atoms. The van der Waals surface area contributed by atoms with E-state index in [4.69, 9.17) is 9.68 Å². The van der Waals surface area contributed by atoms with Crippen molar-refractivity contribution in [2.45, 2.75) is 13.1 Å². The third-order valence-electron chi connectivity index (χ3n) is 3.34. The van der Waals surface area contributed by atoms with Gasteiger partial charge in [-0.3, -0.25) is 0 Å². The van der Waals surface area contributed by atoms with E-state index in [1.807, 2.05) is 42.6 Å². The summed E-state index contributed by atoms with van der Waals surface area (Å²) >= 11 is 0. The van der Waals surface area contributed by atoms with Crippen LogP contribution >= 0.6 is 0 Å². The number of rotatable bonds is 5. The Morgan fingerprint density at radius 2 is 2.15 bits per heavy atom. The molecule has 0 atom stereocenters. The fourth-order valence-corrected chi connectivity index (χ4v) is 2.34. The molecule has 0 saturated carbocycles. The molecular weight excluding hydrogens is 250 g/mol. The molecule has 2 heterocycles. The smallest absolute Gasteiger partial charge is 0.117 e. The van der Waals surface area contributed by atoms with Gasteiger partial charge in [-0.25, -0.2) is 0 Å². The van der Waals surface area contributed by atoms with Crippen LogP contribution in [0.25, 0.3) is 10.9 Å². The zero-order valence-electron chi connectivity index (χ0n) is 11.0. The van der Waals surface area contributed by atoms with Gasteiger partial charge in [0.15, 0.2) is 0 Å². The summed E-state index contributed by atoms with van der Waals surface area (Å²) in [5, 5.41) is 13.4. The Kier molecular flexibility index (Phi) is 3.53. The fourth-order valence-electron chi connectivity index (χ4n) is 2.34. The number of nitrogens with one attached hydrogen (secondary N) is 1. The minimum absolute atomic E-state index is 0.727. The van der Waals surface area contributed by atoms with Crippen molar-refractivity contribution in [3.05, 3.63) is 60.2 Å². The van der Waals surface area contributed by atoms with Crippen molar-refractivity contribution in [2.24, 2.45) is 0 Å². The minimum Gasteiger partial charge on any atom is -0.468 e. The van der Waals surface area contributed by atoms with Crippen molar-refractivity contribution in [3.8, 4) is 6.07 Å². The molecule has 0 radical (unpaired) electrons. The van der Waals surface area contributed by atoms with Crippen LogP contribution in [0.5, 0.6) is 0 Å². The van der Waals surface area contributed by atoms with Crippen LogP contribution in [0.2, 0.25) is 0 Å². The van der Waals surface area contributed by atoms with Gasteiger partial charge in [-0.2, -0.15) is 5.26 Å². The topological polar surface area (TPSA) is 53.9 Å². The third-order valence-corrected chi connectivity index (χ3v) is 3.34. The number of hydrogen-bond acceptors (Lipinski definition) is 3. The number of hydrogen-bond donors (Lipinski definition) is 1. The summed E-state index contributed by atoms with van der Waals surface area (Å²) in [6.45, 7) is 2.44. The maximum Gasteiger partial charge on any atom is 0.117 e. The summed E-state index contributed by atoms with van der Waals surface area (Å²) in [6, 6.07) is 13.9. The van der Waals surface area contributed by atoms with Gasteiger partial charge in [0.1, 0.15) is 5.76 Å². The normalized spacial score (nSPS) is 10.8. The quantitative estimate of drug-likeness (QED) is 0.722. The monoisotopic (exact) mass is 265 g/mol. The van der Waals surface area contributed by atoms with E-state index in [1.54, 1.807) is 6.26 Å². The Morgan fingerprint density at radius 1 is 1.20 bits per heavy atom. The van der Waals surface area contributed by atoms with E-state index in [0.717, 1.165) is 41.9 Å². The van der Waals surface area contributed by atoms with E-state index in [0.29, 0.717) is 0 Å². The van der Waals surface area contributed by atoms with Gasteiger partial charge in [0.05, 0.1) is 24.4 Å². The summed E-state index contributed by atoms with van der Waals surface area (Å²) in [5.41, 5.74) is 1.83. The van der Waals surface area contributed by atoms with E-state index in [9.17, 15) is 0 Å². The highest BCUT2D eigenvalue weighted by Crippen LogP contribution is 2.19. The number of nitrogens with zero attached hydrogens (tertiary/aromatic N) is 2. The van der Waals surface area contributed by atoms with Gasteiger partial charge in [-0.15, -0.1) is 0 Å². The molecule has 4 heteroatoms. The minimum atomic E-state index is 0.727. The van der Waals surface area contributed by atoms with Gasteiger partial charge in [0.2, 0.25) is 0 Å². The summed E-state index contributed by atoms with van der Waals surface area (Å²) in [7, 11) is 0. The second-order valence-corrected chi connectivity index (χ2v) is 4.62. The van der Waals surface area contributed by atoms with Crippen LogP contribution in [-0.4, -0.2) is 11.1 Å². The van der Waals surface area contributed by atoms with E-state index in [2.05, 4.69) is 16.0 Å². The van der Waals surface area contributed by atoms with Crippen molar-refractivity contribution in [3.63, 3.8) is 0 Å². The highest BCUT2D eigenvalue weighted by molar-refractivity contribution is 5.85. The average Bonchev–Trinajstić information content (AvgIpc) is 3.13. The molecule has 0 aliphatic carbocycles. The summed E-state index contributed by atoms with van der Waals surface area (Å²) < 4.78 is 7.42. The summed E-state index contributed by atoms with van der Waals surface area (Å²) in [5.74, 6) is 0.939. The van der Waals surface area contributed by atoms with Crippen LogP contribution in [0, 0.1) is 11.3 Å². The Labute approximate surface area is 117 Å². The lowest BCUT2D eigenvalue weighted by Gasteiger charge is -2.06. The molecule has 2 aromatic heterocycles. The first-order valence-corrected chi connectivity index (χ1v) is 6.59. The lowest BCUT2D eigenvalue weighted by Crippen LogP contribution is -2.18. The summed E-state index contributed by atoms with van der Waals surface area (Å²) in [6.07, 6.45) is 3.71. The largest absolute Gasteiger partial charge is 0.468 e. The van der Waals surface area contributed by atoms with Crippen molar-refractivity contribution in [1.82, 2.24) is 9.88 Å². The molecule has 0 unspecified atom stereocenters. The number of fused-ring (bicyclic) bond motifs is 1. The number of aromatic nitrogens is 1. The first-order chi connectivity index (χ1) is 9.88. The maximum absolute atomic E-state index is 9.08. The van der Waals surface area contributed by atoms with Crippen LogP contribution in [0.1, 0.15) is 11.3 Å². The lowest BCUT2D eigenvalue weighted by atomic mass is 10.1. The van der Waals surface area contributed by atoms with Gasteiger partial charge in [-0.05, 0) is 30.3 Å². The van der Waals surface area contributed by atoms with Crippen LogP contribution < -0.4 is 5.32 Å². The van der Waals surface area contributed by atoms with Gasteiger partial charge in [0, 0.05) is 30.2 Å². The maximum atomic E-state index is 9.08. The predicted octanol–water partition coefficient (Wildman–Crippen LogP) is 2.90. The van der Waals surface area contributed by atoms with Gasteiger partial charge < -0.3 is 14.3 Å². The predicted molar refractivity (Wildman–Crippen MR) is 77.1 cm³/mol. The first kappa shape index (κ1) is 12.5. The molecule has 0 spiro atoms. The van der Waals surface area contributed by atoms with Crippen LogP contribution in [0.3, 0.4) is 0 Å². The van der Waals surface area contributed by atoms with Crippen molar-refractivity contribution >= 4 is 10.9 Å². The fraction of sp³-hybridized carbons (Fsp3) is 0.188. The number of benzene rings is 1. The van der Waals surface area contributed by atoms with Crippen molar-refractivity contribution in [2.75, 3.05) is 6.54 Å². The summed E-state index contributed by atoms with van der Waals surface area (Å²) in [4.78, 5) is 0. The lowest BCUT2D eigenvalue weighted by molar-refractivity contribution is 0.477. The number of furan rings is 1. The second kappa shape index (κ2) is 5.64. The third kappa shape index (κ3) is 2.44. The first-order valence-electron chi connectivity index (χ1n) is 6.59. The molecule has 1 aromatic carbocycles. The Hall–Kier alpha value is -2.51. The van der Waals surface area contributed by atoms with Gasteiger partial charge in [0.25, 0.3) is 0 Å². The molecule has 0 amide bonds. The van der Waals surface area contributed by atoms with Gasteiger partial charge >= 0.3 is 0 Å². The Bertz CT molecular complexity index is 735. The van der Waals surface area contributed by atoms with Gasteiger partial charge in [-0.1, -0.05) is 6.07 Å². The molecule has 20 heavy (non-hydrogen) atoms. The molecule has 0 aliphatic heterocycles. The molecule has 4 nitrogen and oxygen atoms in total. The van der Waals surface area contributed by atoms with E-state index in [-0.39, 0.29) is 0 Å².